The molecule has 0 aliphatic carbocycles. The lowest BCUT2D eigenvalue weighted by Crippen LogP contribution is -1.91. The van der Waals surface area contributed by atoms with Gasteiger partial charge < -0.3 is 4.74 Å². The van der Waals surface area contributed by atoms with Crippen molar-refractivity contribution in [2.45, 2.75) is 26.2 Å². The molecule has 0 saturated carbocycles. The van der Waals surface area contributed by atoms with Crippen LogP contribution in [-0.2, 0) is 11.2 Å². The van der Waals surface area contributed by atoms with Gasteiger partial charge in [-0.3, -0.25) is 0 Å². The van der Waals surface area contributed by atoms with Gasteiger partial charge >= 0.3 is 0 Å². The van der Waals surface area contributed by atoms with E-state index in [0.717, 1.165) is 25.9 Å². The molecule has 0 aliphatic heterocycles. The highest BCUT2D eigenvalue weighted by Gasteiger charge is 1.90. The zero-order valence-electron chi connectivity index (χ0n) is 8.78. The van der Waals surface area contributed by atoms with E-state index >= 15 is 0 Å². The van der Waals surface area contributed by atoms with Gasteiger partial charge in [0.25, 0.3) is 0 Å². The molecular formula is C13H18O. The molecule has 0 N–H and O–H groups in total. The minimum Gasteiger partial charge on any atom is -0.502 e. The Balaban J connectivity index is 2.07. The molecule has 1 nitrogen and oxygen atoms in total. The number of benzene rings is 1. The van der Waals surface area contributed by atoms with Crippen LogP contribution < -0.4 is 0 Å². The first kappa shape index (κ1) is 10.8. The molecule has 0 radical (unpaired) electrons. The standard InChI is InChI=1S/C13H18O/c1-2-3-11-14-12-7-10-13-8-5-4-6-9-13/h3-6,8-9,11H,2,7,10,12H2,1H3/b11-3-. The molecular weight excluding hydrogens is 172 g/mol. The zero-order valence-corrected chi connectivity index (χ0v) is 8.78. The summed E-state index contributed by atoms with van der Waals surface area (Å²) in [6.07, 6.45) is 7.05. The molecule has 0 atom stereocenters. The van der Waals surface area contributed by atoms with Gasteiger partial charge in [-0.2, -0.15) is 0 Å². The third-order valence-electron chi connectivity index (χ3n) is 2.00. The summed E-state index contributed by atoms with van der Waals surface area (Å²) >= 11 is 0. The van der Waals surface area contributed by atoms with Crippen LogP contribution >= 0.6 is 0 Å². The second kappa shape index (κ2) is 7.19. The maximum atomic E-state index is 5.32. The van der Waals surface area contributed by atoms with Gasteiger partial charge in [0.2, 0.25) is 0 Å². The maximum absolute atomic E-state index is 5.32. The number of rotatable bonds is 6. The summed E-state index contributed by atoms with van der Waals surface area (Å²) in [5, 5.41) is 0. The van der Waals surface area contributed by atoms with Crippen LogP contribution in [-0.4, -0.2) is 6.61 Å². The third kappa shape index (κ3) is 4.70. The Morgan fingerprint density at radius 3 is 2.71 bits per heavy atom. The summed E-state index contributed by atoms with van der Waals surface area (Å²) in [6.45, 7) is 2.91. The summed E-state index contributed by atoms with van der Waals surface area (Å²) in [6, 6.07) is 10.5. The summed E-state index contributed by atoms with van der Waals surface area (Å²) < 4.78 is 5.32. The molecule has 0 unspecified atom stereocenters. The van der Waals surface area contributed by atoms with Gasteiger partial charge in [-0.05, 0) is 24.8 Å². The Bertz CT molecular complexity index is 251. The summed E-state index contributed by atoms with van der Waals surface area (Å²) in [4.78, 5) is 0. The molecule has 0 fully saturated rings. The maximum Gasteiger partial charge on any atom is 0.0876 e. The molecule has 14 heavy (non-hydrogen) atoms. The van der Waals surface area contributed by atoms with E-state index in [1.807, 2.05) is 12.1 Å². The van der Waals surface area contributed by atoms with Crippen LogP contribution in [0.2, 0.25) is 0 Å². The van der Waals surface area contributed by atoms with Crippen molar-refractivity contribution in [3.05, 3.63) is 48.2 Å². The highest BCUT2D eigenvalue weighted by molar-refractivity contribution is 5.14. The van der Waals surface area contributed by atoms with E-state index in [1.54, 1.807) is 6.26 Å². The van der Waals surface area contributed by atoms with Crippen molar-refractivity contribution < 1.29 is 4.74 Å². The van der Waals surface area contributed by atoms with Crippen LogP contribution in [0.1, 0.15) is 25.3 Å². The van der Waals surface area contributed by atoms with Crippen LogP contribution in [0.15, 0.2) is 42.7 Å². The van der Waals surface area contributed by atoms with E-state index < -0.39 is 0 Å². The number of aryl methyl sites for hydroxylation is 1. The van der Waals surface area contributed by atoms with Crippen LogP contribution in [0, 0.1) is 0 Å². The molecule has 1 aromatic carbocycles. The van der Waals surface area contributed by atoms with Crippen molar-refractivity contribution in [2.24, 2.45) is 0 Å². The Labute approximate surface area is 86.4 Å². The van der Waals surface area contributed by atoms with Crippen LogP contribution in [0.4, 0.5) is 0 Å². The molecule has 0 saturated heterocycles. The highest BCUT2D eigenvalue weighted by Crippen LogP contribution is 2.02. The monoisotopic (exact) mass is 190 g/mol. The SMILES string of the molecule is CC/C=C\OCCCc1ccccc1. The molecule has 0 amide bonds. The second-order valence-electron chi connectivity index (χ2n) is 3.24. The predicted octanol–water partition coefficient (Wildman–Crippen LogP) is 3.56. The van der Waals surface area contributed by atoms with Crippen molar-refractivity contribution in [2.75, 3.05) is 6.61 Å². The fourth-order valence-electron chi connectivity index (χ4n) is 1.24. The molecule has 0 bridgehead atoms. The highest BCUT2D eigenvalue weighted by atomic mass is 16.5. The van der Waals surface area contributed by atoms with Gasteiger partial charge in [-0.15, -0.1) is 0 Å². The number of ether oxygens (including phenoxy) is 1. The second-order valence-corrected chi connectivity index (χ2v) is 3.24. The minimum atomic E-state index is 0.811. The smallest absolute Gasteiger partial charge is 0.0876 e. The molecule has 1 heteroatoms. The van der Waals surface area contributed by atoms with Crippen molar-refractivity contribution in [1.82, 2.24) is 0 Å². The quantitative estimate of drug-likeness (QED) is 0.492. The van der Waals surface area contributed by atoms with Crippen molar-refractivity contribution in [3.8, 4) is 0 Å². The lowest BCUT2D eigenvalue weighted by molar-refractivity contribution is 0.244. The first-order valence-electron chi connectivity index (χ1n) is 5.24. The van der Waals surface area contributed by atoms with Gasteiger partial charge in [-0.1, -0.05) is 43.3 Å². The van der Waals surface area contributed by atoms with Gasteiger partial charge in [0, 0.05) is 0 Å². The number of allylic oxidation sites excluding steroid dienone is 1. The van der Waals surface area contributed by atoms with Gasteiger partial charge in [0.1, 0.15) is 0 Å². The molecule has 1 aromatic rings. The van der Waals surface area contributed by atoms with Gasteiger partial charge in [-0.25, -0.2) is 0 Å². The lowest BCUT2D eigenvalue weighted by Gasteiger charge is -2.01. The van der Waals surface area contributed by atoms with E-state index in [2.05, 4.69) is 31.2 Å². The molecule has 76 valence electrons. The van der Waals surface area contributed by atoms with Gasteiger partial charge in [0.15, 0.2) is 0 Å². The van der Waals surface area contributed by atoms with E-state index in [1.165, 1.54) is 5.56 Å². The molecule has 0 heterocycles. The summed E-state index contributed by atoms with van der Waals surface area (Å²) in [7, 11) is 0. The Morgan fingerprint density at radius 1 is 1.21 bits per heavy atom. The van der Waals surface area contributed by atoms with Crippen LogP contribution in [0.5, 0.6) is 0 Å². The number of hydrogen-bond donors (Lipinski definition) is 0. The topological polar surface area (TPSA) is 9.23 Å². The summed E-state index contributed by atoms with van der Waals surface area (Å²) in [5.41, 5.74) is 1.38. The minimum absolute atomic E-state index is 0.811. The zero-order chi connectivity index (χ0) is 10.1. The largest absolute Gasteiger partial charge is 0.502 e. The molecule has 0 aromatic heterocycles. The third-order valence-corrected chi connectivity index (χ3v) is 2.00. The number of hydrogen-bond acceptors (Lipinski definition) is 1. The fourth-order valence-corrected chi connectivity index (χ4v) is 1.24. The Hall–Kier alpha value is -1.24. The molecule has 1 rings (SSSR count). The normalized spacial score (nSPS) is 10.6. The Kier molecular flexibility index (Phi) is 5.57. The first-order valence-corrected chi connectivity index (χ1v) is 5.24. The molecule has 0 aliphatic rings. The van der Waals surface area contributed by atoms with E-state index in [9.17, 15) is 0 Å². The summed E-state index contributed by atoms with van der Waals surface area (Å²) in [5.74, 6) is 0. The van der Waals surface area contributed by atoms with Crippen molar-refractivity contribution in [1.29, 1.82) is 0 Å². The Morgan fingerprint density at radius 2 is 2.00 bits per heavy atom. The molecule has 0 spiro atoms. The van der Waals surface area contributed by atoms with Crippen LogP contribution in [0.25, 0.3) is 0 Å². The van der Waals surface area contributed by atoms with Crippen molar-refractivity contribution in [3.63, 3.8) is 0 Å². The lowest BCUT2D eigenvalue weighted by atomic mass is 10.1. The van der Waals surface area contributed by atoms with E-state index in [-0.39, 0.29) is 0 Å². The fraction of sp³-hybridized carbons (Fsp3) is 0.385. The van der Waals surface area contributed by atoms with Crippen LogP contribution in [0.3, 0.4) is 0 Å². The van der Waals surface area contributed by atoms with Gasteiger partial charge in [0.05, 0.1) is 12.9 Å². The average Bonchev–Trinajstić information content (AvgIpc) is 2.25. The predicted molar refractivity (Wildman–Crippen MR) is 60.1 cm³/mol. The van der Waals surface area contributed by atoms with Crippen molar-refractivity contribution >= 4 is 0 Å². The average molecular weight is 190 g/mol. The van der Waals surface area contributed by atoms with E-state index in [4.69, 9.17) is 4.74 Å². The first-order chi connectivity index (χ1) is 6.93. The van der Waals surface area contributed by atoms with E-state index in [0.29, 0.717) is 0 Å².